The summed E-state index contributed by atoms with van der Waals surface area (Å²) in [5, 5.41) is 11.6. The maximum Gasteiger partial charge on any atom is 0.237 e. The molecule has 1 aliphatic rings. The molecule has 1 aliphatic carbocycles. The molecule has 4 heteroatoms. The van der Waals surface area contributed by atoms with Crippen molar-refractivity contribution in [3.63, 3.8) is 0 Å². The Morgan fingerprint density at radius 1 is 1.67 bits per heavy atom. The summed E-state index contributed by atoms with van der Waals surface area (Å²) in [7, 11) is 1.69. The molecule has 4 nitrogen and oxygen atoms in total. The van der Waals surface area contributed by atoms with Crippen LogP contribution in [0.25, 0.3) is 0 Å². The third kappa shape index (κ3) is 3.21. The van der Waals surface area contributed by atoms with Crippen molar-refractivity contribution in [1.82, 2.24) is 5.32 Å². The highest BCUT2D eigenvalue weighted by molar-refractivity contribution is 5.81. The second kappa shape index (κ2) is 5.72. The highest BCUT2D eigenvalue weighted by Crippen LogP contribution is 2.21. The highest BCUT2D eigenvalue weighted by atomic mass is 16.5. The molecular formula is C11H18N2O2. The van der Waals surface area contributed by atoms with Crippen LogP contribution in [-0.4, -0.2) is 25.2 Å². The van der Waals surface area contributed by atoms with Crippen LogP contribution < -0.4 is 5.32 Å². The summed E-state index contributed by atoms with van der Waals surface area (Å²) >= 11 is 0. The first kappa shape index (κ1) is 12.0. The van der Waals surface area contributed by atoms with Gasteiger partial charge in [-0.15, -0.1) is 0 Å². The van der Waals surface area contributed by atoms with Gasteiger partial charge in [0.15, 0.2) is 0 Å². The van der Waals surface area contributed by atoms with Gasteiger partial charge < -0.3 is 10.1 Å². The Kier molecular flexibility index (Phi) is 4.57. The van der Waals surface area contributed by atoms with Gasteiger partial charge in [0.05, 0.1) is 12.2 Å². The van der Waals surface area contributed by atoms with E-state index in [1.807, 2.05) is 13.0 Å². The largest absolute Gasteiger partial charge is 0.381 e. The van der Waals surface area contributed by atoms with E-state index in [1.165, 1.54) is 0 Å². The molecule has 1 N–H and O–H groups in total. The molecule has 0 saturated heterocycles. The fourth-order valence-electron chi connectivity index (χ4n) is 1.92. The van der Waals surface area contributed by atoms with Crippen LogP contribution in [0.3, 0.4) is 0 Å². The zero-order valence-electron chi connectivity index (χ0n) is 9.32. The Bertz CT molecular complexity index is 260. The number of methoxy groups -OCH3 is 1. The molecule has 0 aliphatic heterocycles. The molecule has 0 spiro atoms. The van der Waals surface area contributed by atoms with Gasteiger partial charge in [-0.3, -0.25) is 4.79 Å². The molecule has 0 bridgehead atoms. The van der Waals surface area contributed by atoms with E-state index in [1.54, 1.807) is 7.11 Å². The Morgan fingerprint density at radius 3 is 2.87 bits per heavy atom. The van der Waals surface area contributed by atoms with E-state index < -0.39 is 5.92 Å². The first-order chi connectivity index (χ1) is 7.21. The normalized spacial score (nSPS) is 27.0. The zero-order chi connectivity index (χ0) is 11.3. The fraction of sp³-hybridized carbons (Fsp3) is 0.818. The molecule has 3 atom stereocenters. The summed E-state index contributed by atoms with van der Waals surface area (Å²) in [6.07, 6.45) is 3.64. The number of nitrogens with one attached hydrogen (secondary N) is 1. The van der Waals surface area contributed by atoms with Crippen molar-refractivity contribution in [2.24, 2.45) is 5.92 Å². The third-order valence-electron chi connectivity index (χ3n) is 2.94. The fourth-order valence-corrected chi connectivity index (χ4v) is 1.92. The minimum atomic E-state index is -0.508. The van der Waals surface area contributed by atoms with Gasteiger partial charge in [-0.1, -0.05) is 6.92 Å². The lowest BCUT2D eigenvalue weighted by molar-refractivity contribution is -0.124. The molecule has 1 rings (SSSR count). The second-order valence-corrected chi connectivity index (χ2v) is 3.97. The van der Waals surface area contributed by atoms with Crippen LogP contribution in [-0.2, 0) is 9.53 Å². The lowest BCUT2D eigenvalue weighted by Crippen LogP contribution is -2.37. The number of amides is 1. The summed E-state index contributed by atoms with van der Waals surface area (Å²) in [5.41, 5.74) is 0. The number of ether oxygens (including phenoxy) is 1. The van der Waals surface area contributed by atoms with Gasteiger partial charge in [-0.2, -0.15) is 5.26 Å². The van der Waals surface area contributed by atoms with Crippen LogP contribution in [0.2, 0.25) is 0 Å². The smallest absolute Gasteiger partial charge is 0.237 e. The van der Waals surface area contributed by atoms with Crippen molar-refractivity contribution >= 4 is 5.91 Å². The Labute approximate surface area is 90.6 Å². The van der Waals surface area contributed by atoms with Crippen molar-refractivity contribution in [1.29, 1.82) is 5.26 Å². The van der Waals surface area contributed by atoms with Crippen LogP contribution in [0.4, 0.5) is 0 Å². The van der Waals surface area contributed by atoms with E-state index in [0.717, 1.165) is 19.3 Å². The predicted molar refractivity (Wildman–Crippen MR) is 56.0 cm³/mol. The summed E-state index contributed by atoms with van der Waals surface area (Å²) in [4.78, 5) is 11.6. The molecule has 0 aromatic carbocycles. The average molecular weight is 210 g/mol. The van der Waals surface area contributed by atoms with Gasteiger partial charge in [0.1, 0.15) is 5.92 Å². The van der Waals surface area contributed by atoms with Crippen LogP contribution in [0.1, 0.15) is 32.6 Å². The van der Waals surface area contributed by atoms with Gasteiger partial charge >= 0.3 is 0 Å². The minimum absolute atomic E-state index is 0.137. The second-order valence-electron chi connectivity index (χ2n) is 3.97. The first-order valence-corrected chi connectivity index (χ1v) is 5.44. The highest BCUT2D eigenvalue weighted by Gasteiger charge is 2.27. The van der Waals surface area contributed by atoms with Gasteiger partial charge in [-0.05, 0) is 25.7 Å². The van der Waals surface area contributed by atoms with Crippen molar-refractivity contribution in [2.75, 3.05) is 7.11 Å². The van der Waals surface area contributed by atoms with Gasteiger partial charge in [0, 0.05) is 13.2 Å². The van der Waals surface area contributed by atoms with E-state index in [4.69, 9.17) is 10.00 Å². The maximum absolute atomic E-state index is 11.6. The predicted octanol–water partition coefficient (Wildman–Crippen LogP) is 1.22. The summed E-state index contributed by atoms with van der Waals surface area (Å²) < 4.78 is 5.22. The maximum atomic E-state index is 11.6. The van der Waals surface area contributed by atoms with Crippen molar-refractivity contribution < 1.29 is 9.53 Å². The average Bonchev–Trinajstić information content (AvgIpc) is 2.67. The summed E-state index contributed by atoms with van der Waals surface area (Å²) in [6.45, 7) is 1.85. The lowest BCUT2D eigenvalue weighted by atomic mass is 10.1. The van der Waals surface area contributed by atoms with Gasteiger partial charge in [0.25, 0.3) is 0 Å². The zero-order valence-corrected chi connectivity index (χ0v) is 9.32. The number of carbonyl (C=O) groups is 1. The number of carbonyl (C=O) groups excluding carboxylic acids is 1. The molecule has 1 fully saturated rings. The van der Waals surface area contributed by atoms with E-state index in [-0.39, 0.29) is 18.1 Å². The van der Waals surface area contributed by atoms with E-state index >= 15 is 0 Å². The molecule has 84 valence electrons. The van der Waals surface area contributed by atoms with Crippen LogP contribution >= 0.6 is 0 Å². The number of rotatable bonds is 4. The number of nitrogens with zero attached hydrogens (tertiary/aromatic N) is 1. The number of hydrogen-bond donors (Lipinski definition) is 1. The summed E-state index contributed by atoms with van der Waals surface area (Å²) in [6, 6.07) is 2.19. The molecule has 0 aromatic rings. The van der Waals surface area contributed by atoms with Gasteiger partial charge in [-0.25, -0.2) is 0 Å². The molecular weight excluding hydrogens is 192 g/mol. The molecule has 0 heterocycles. The standard InChI is InChI=1S/C11H18N2O2/c1-3-8(7-12)11(14)13-9-4-5-10(6-9)15-2/h8-10H,3-6H2,1-2H3,(H,13,14). The minimum Gasteiger partial charge on any atom is -0.381 e. The third-order valence-corrected chi connectivity index (χ3v) is 2.94. The Hall–Kier alpha value is -1.08. The topological polar surface area (TPSA) is 62.1 Å². The quantitative estimate of drug-likeness (QED) is 0.758. The molecule has 3 unspecified atom stereocenters. The van der Waals surface area contributed by atoms with Crippen molar-refractivity contribution in [3.8, 4) is 6.07 Å². The van der Waals surface area contributed by atoms with Crippen molar-refractivity contribution in [3.05, 3.63) is 0 Å². The van der Waals surface area contributed by atoms with Crippen LogP contribution in [0.5, 0.6) is 0 Å². The van der Waals surface area contributed by atoms with E-state index in [2.05, 4.69) is 5.32 Å². The molecule has 1 amide bonds. The molecule has 15 heavy (non-hydrogen) atoms. The lowest BCUT2D eigenvalue weighted by Gasteiger charge is -2.14. The molecule has 1 saturated carbocycles. The summed E-state index contributed by atoms with van der Waals surface area (Å²) in [5.74, 6) is -0.645. The Morgan fingerprint density at radius 2 is 2.40 bits per heavy atom. The van der Waals surface area contributed by atoms with Gasteiger partial charge in [0.2, 0.25) is 5.91 Å². The monoisotopic (exact) mass is 210 g/mol. The van der Waals surface area contributed by atoms with E-state index in [9.17, 15) is 4.79 Å². The van der Waals surface area contributed by atoms with Crippen LogP contribution in [0.15, 0.2) is 0 Å². The molecule has 0 radical (unpaired) electrons. The number of nitriles is 1. The first-order valence-electron chi connectivity index (χ1n) is 5.44. The van der Waals surface area contributed by atoms with Crippen molar-refractivity contribution in [2.45, 2.75) is 44.8 Å². The number of hydrogen-bond acceptors (Lipinski definition) is 3. The van der Waals surface area contributed by atoms with Crippen LogP contribution in [0, 0.1) is 17.2 Å². The SMILES string of the molecule is CCC(C#N)C(=O)NC1CCC(OC)C1. The van der Waals surface area contributed by atoms with E-state index in [0.29, 0.717) is 6.42 Å². The molecule has 0 aromatic heterocycles. The Balaban J connectivity index is 2.36.